The third-order valence-electron chi connectivity index (χ3n) is 2.16. The summed E-state index contributed by atoms with van der Waals surface area (Å²) in [6, 6.07) is 0. The summed E-state index contributed by atoms with van der Waals surface area (Å²) < 4.78 is 3.92. The number of nitrogens with one attached hydrogen (secondary N) is 2. The van der Waals surface area contributed by atoms with Crippen LogP contribution in [0.2, 0.25) is 0 Å². The van der Waals surface area contributed by atoms with E-state index in [0.717, 1.165) is 18.1 Å². The van der Waals surface area contributed by atoms with Gasteiger partial charge in [0.15, 0.2) is 0 Å². The highest BCUT2D eigenvalue weighted by Gasteiger charge is 2.18. The van der Waals surface area contributed by atoms with Crippen LogP contribution in [0.15, 0.2) is 0 Å². The topological polar surface area (TPSA) is 91.3 Å². The number of nitrogens with zero attached hydrogens (tertiary/aromatic N) is 1. The maximum absolute atomic E-state index is 11.5. The Bertz CT molecular complexity index is 417. The molecule has 0 aromatic carbocycles. The van der Waals surface area contributed by atoms with Gasteiger partial charge in [-0.3, -0.25) is 4.79 Å². The first-order chi connectivity index (χ1) is 8.06. The Hall–Kier alpha value is -1.47. The van der Waals surface area contributed by atoms with Crippen LogP contribution in [0.4, 0.5) is 5.00 Å². The smallest absolute Gasteiger partial charge is 0.340 e. The fraction of sp³-hybridized carbons (Fsp3) is 0.500. The molecule has 6 nitrogen and oxygen atoms in total. The van der Waals surface area contributed by atoms with E-state index in [-0.39, 0.29) is 11.5 Å². The maximum atomic E-state index is 11.5. The van der Waals surface area contributed by atoms with Crippen LogP contribution in [0.1, 0.15) is 28.9 Å². The molecule has 0 atom stereocenters. The molecular formula is C10H15N3O3S. The Labute approximate surface area is 103 Å². The van der Waals surface area contributed by atoms with Gasteiger partial charge in [-0.25, -0.2) is 4.79 Å². The molecule has 1 aromatic heterocycles. The van der Waals surface area contributed by atoms with E-state index < -0.39 is 5.97 Å². The summed E-state index contributed by atoms with van der Waals surface area (Å²) >= 11 is 0.994. The molecule has 0 aliphatic heterocycles. The summed E-state index contributed by atoms with van der Waals surface area (Å²) in [6.07, 6.45) is 1.07. The van der Waals surface area contributed by atoms with Gasteiger partial charge in [-0.05, 0) is 38.5 Å². The molecule has 1 amide bonds. The maximum Gasteiger partial charge on any atom is 0.340 e. The second-order valence-electron chi connectivity index (χ2n) is 3.53. The highest BCUT2D eigenvalue weighted by atomic mass is 32.1. The van der Waals surface area contributed by atoms with Crippen molar-refractivity contribution in [3.63, 3.8) is 0 Å². The number of hydrogen-bond acceptors (Lipinski definition) is 5. The van der Waals surface area contributed by atoms with Gasteiger partial charge >= 0.3 is 5.97 Å². The molecule has 0 unspecified atom stereocenters. The lowest BCUT2D eigenvalue weighted by Gasteiger charge is -2.03. The van der Waals surface area contributed by atoms with E-state index in [9.17, 15) is 9.59 Å². The van der Waals surface area contributed by atoms with E-state index in [1.165, 1.54) is 0 Å². The summed E-state index contributed by atoms with van der Waals surface area (Å²) in [6.45, 7) is 2.36. The average molecular weight is 257 g/mol. The number of aromatic nitrogens is 1. The van der Waals surface area contributed by atoms with Crippen LogP contribution in [-0.2, 0) is 4.79 Å². The average Bonchev–Trinajstić information content (AvgIpc) is 2.60. The van der Waals surface area contributed by atoms with Gasteiger partial charge in [-0.15, -0.1) is 0 Å². The minimum Gasteiger partial charge on any atom is -0.478 e. The number of carboxylic acid groups (broad SMARTS) is 1. The van der Waals surface area contributed by atoms with Gasteiger partial charge in [-0.2, -0.15) is 4.37 Å². The molecule has 0 aliphatic carbocycles. The van der Waals surface area contributed by atoms with Crippen LogP contribution in [0.5, 0.6) is 0 Å². The first-order valence-electron chi connectivity index (χ1n) is 5.20. The first kappa shape index (κ1) is 13.6. The largest absolute Gasteiger partial charge is 0.478 e. The van der Waals surface area contributed by atoms with E-state index in [1.54, 1.807) is 6.92 Å². The Morgan fingerprint density at radius 1 is 1.47 bits per heavy atom. The molecule has 0 saturated carbocycles. The summed E-state index contributed by atoms with van der Waals surface area (Å²) in [5.74, 6) is -1.26. The van der Waals surface area contributed by atoms with E-state index in [1.807, 2.05) is 7.05 Å². The second kappa shape index (κ2) is 6.31. The minimum atomic E-state index is -1.07. The molecule has 0 fully saturated rings. The van der Waals surface area contributed by atoms with E-state index >= 15 is 0 Å². The lowest BCUT2D eigenvalue weighted by molar-refractivity contribution is -0.116. The predicted octanol–water partition coefficient (Wildman–Crippen LogP) is 1.09. The Kier molecular flexibility index (Phi) is 5.05. The predicted molar refractivity (Wildman–Crippen MR) is 65.6 cm³/mol. The van der Waals surface area contributed by atoms with E-state index in [2.05, 4.69) is 15.0 Å². The van der Waals surface area contributed by atoms with Crippen LogP contribution < -0.4 is 10.6 Å². The van der Waals surface area contributed by atoms with Gasteiger partial charge in [0.05, 0.1) is 5.69 Å². The number of rotatable bonds is 6. The van der Waals surface area contributed by atoms with Gasteiger partial charge in [0.25, 0.3) is 0 Å². The molecular weight excluding hydrogens is 242 g/mol. The number of anilines is 1. The number of aromatic carboxylic acids is 1. The van der Waals surface area contributed by atoms with Gasteiger partial charge in [0, 0.05) is 6.42 Å². The molecule has 94 valence electrons. The minimum absolute atomic E-state index is 0.0805. The van der Waals surface area contributed by atoms with Gasteiger partial charge < -0.3 is 15.7 Å². The van der Waals surface area contributed by atoms with Crippen molar-refractivity contribution in [3.8, 4) is 0 Å². The van der Waals surface area contributed by atoms with Crippen LogP contribution in [0, 0.1) is 6.92 Å². The highest BCUT2D eigenvalue weighted by molar-refractivity contribution is 7.11. The third kappa shape index (κ3) is 3.79. The van der Waals surface area contributed by atoms with Crippen molar-refractivity contribution in [1.29, 1.82) is 0 Å². The fourth-order valence-corrected chi connectivity index (χ4v) is 2.13. The van der Waals surface area contributed by atoms with Crippen molar-refractivity contribution >= 4 is 28.4 Å². The molecule has 0 aliphatic rings. The van der Waals surface area contributed by atoms with Crippen molar-refractivity contribution in [3.05, 3.63) is 11.3 Å². The molecule has 1 heterocycles. The summed E-state index contributed by atoms with van der Waals surface area (Å²) in [4.78, 5) is 22.5. The second-order valence-corrected chi connectivity index (χ2v) is 4.31. The molecule has 0 saturated heterocycles. The molecule has 7 heteroatoms. The SMILES string of the molecule is CNCCCC(=O)Nc1snc(C)c1C(=O)O. The van der Waals surface area contributed by atoms with Gasteiger partial charge in [0.2, 0.25) is 5.91 Å². The Balaban J connectivity index is 2.62. The van der Waals surface area contributed by atoms with Gasteiger partial charge in [0.1, 0.15) is 10.6 Å². The number of carbonyl (C=O) groups excluding carboxylic acids is 1. The van der Waals surface area contributed by atoms with Crippen molar-refractivity contribution in [1.82, 2.24) is 9.69 Å². The van der Waals surface area contributed by atoms with Crippen LogP contribution in [0.25, 0.3) is 0 Å². The lowest BCUT2D eigenvalue weighted by Crippen LogP contribution is -2.16. The zero-order chi connectivity index (χ0) is 12.8. The highest BCUT2D eigenvalue weighted by Crippen LogP contribution is 2.24. The standard InChI is InChI=1S/C10H15N3O3S/c1-6-8(10(15)16)9(17-13-6)12-7(14)4-3-5-11-2/h11H,3-5H2,1-2H3,(H,12,14)(H,15,16). The fourth-order valence-electron chi connectivity index (χ4n) is 1.32. The monoisotopic (exact) mass is 257 g/mol. The molecule has 0 spiro atoms. The summed E-state index contributed by atoms with van der Waals surface area (Å²) in [5, 5.41) is 14.8. The zero-order valence-electron chi connectivity index (χ0n) is 9.74. The first-order valence-corrected chi connectivity index (χ1v) is 5.97. The number of aryl methyl sites for hydroxylation is 1. The zero-order valence-corrected chi connectivity index (χ0v) is 10.6. The Morgan fingerprint density at radius 3 is 2.76 bits per heavy atom. The van der Waals surface area contributed by atoms with Crippen LogP contribution >= 0.6 is 11.5 Å². The number of hydrogen-bond donors (Lipinski definition) is 3. The normalized spacial score (nSPS) is 10.2. The van der Waals surface area contributed by atoms with Crippen LogP contribution in [0.3, 0.4) is 0 Å². The third-order valence-corrected chi connectivity index (χ3v) is 3.01. The molecule has 0 bridgehead atoms. The number of carboxylic acids is 1. The van der Waals surface area contributed by atoms with Gasteiger partial charge in [-0.1, -0.05) is 0 Å². The van der Waals surface area contributed by atoms with Crippen molar-refractivity contribution in [2.75, 3.05) is 18.9 Å². The Morgan fingerprint density at radius 2 is 2.18 bits per heavy atom. The number of amides is 1. The summed E-state index contributed by atoms with van der Waals surface area (Å²) in [7, 11) is 1.81. The van der Waals surface area contributed by atoms with E-state index in [0.29, 0.717) is 23.5 Å². The van der Waals surface area contributed by atoms with E-state index in [4.69, 9.17) is 5.11 Å². The molecule has 17 heavy (non-hydrogen) atoms. The quantitative estimate of drug-likeness (QED) is 0.663. The lowest BCUT2D eigenvalue weighted by atomic mass is 10.2. The molecule has 1 aromatic rings. The summed E-state index contributed by atoms with van der Waals surface area (Å²) in [5.41, 5.74) is 0.505. The molecule has 3 N–H and O–H groups in total. The van der Waals surface area contributed by atoms with Crippen molar-refractivity contribution in [2.24, 2.45) is 0 Å². The van der Waals surface area contributed by atoms with Crippen molar-refractivity contribution in [2.45, 2.75) is 19.8 Å². The molecule has 1 rings (SSSR count). The molecule has 0 radical (unpaired) electrons. The number of carbonyl (C=O) groups is 2. The van der Waals surface area contributed by atoms with Crippen molar-refractivity contribution < 1.29 is 14.7 Å². The van der Waals surface area contributed by atoms with Crippen LogP contribution in [-0.4, -0.2) is 34.9 Å².